The van der Waals surface area contributed by atoms with Crippen molar-refractivity contribution in [2.75, 3.05) is 20.8 Å². The van der Waals surface area contributed by atoms with Gasteiger partial charge >= 0.3 is 5.97 Å². The molecule has 0 aliphatic heterocycles. The topological polar surface area (TPSA) is 62.6 Å². The first-order chi connectivity index (χ1) is 11.2. The highest BCUT2D eigenvalue weighted by Gasteiger charge is 2.34. The fourth-order valence-electron chi connectivity index (χ4n) is 2.70. The normalized spacial score (nSPS) is 13.7. The Bertz CT molecular complexity index is 719. The fourth-order valence-corrected chi connectivity index (χ4v) is 2.70. The lowest BCUT2D eigenvalue weighted by atomic mass is 10.1. The van der Waals surface area contributed by atoms with E-state index in [1.807, 2.05) is 18.2 Å². The van der Waals surface area contributed by atoms with Crippen molar-refractivity contribution in [1.29, 1.82) is 0 Å². The van der Waals surface area contributed by atoms with Crippen LogP contribution in [0, 0.1) is 0 Å². The number of hydrogen-bond donors (Lipinski definition) is 0. The summed E-state index contributed by atoms with van der Waals surface area (Å²) < 4.78 is 17.8. The average molecular weight is 316 g/mol. The van der Waals surface area contributed by atoms with Gasteiger partial charge in [0, 0.05) is 5.92 Å². The molecule has 2 aromatic rings. The minimum absolute atomic E-state index is 0.327. The van der Waals surface area contributed by atoms with E-state index in [9.17, 15) is 4.79 Å². The van der Waals surface area contributed by atoms with E-state index in [0.717, 1.165) is 24.2 Å². The van der Waals surface area contributed by atoms with Crippen LogP contribution in [0.2, 0.25) is 0 Å². The van der Waals surface area contributed by atoms with Gasteiger partial charge in [-0.1, -0.05) is 6.07 Å². The van der Waals surface area contributed by atoms with Crippen LogP contribution in [0.4, 0.5) is 0 Å². The summed E-state index contributed by atoms with van der Waals surface area (Å²) in [7, 11) is 3.18. The van der Waals surface area contributed by atoms with Gasteiger partial charge < -0.3 is 14.2 Å². The minimum Gasteiger partial charge on any atom is -0.493 e. The van der Waals surface area contributed by atoms with Gasteiger partial charge in [0.05, 0.1) is 32.7 Å². The summed E-state index contributed by atoms with van der Waals surface area (Å²) >= 11 is 0. The number of methoxy groups -OCH3 is 2. The molecular weight excluding hydrogens is 296 g/mol. The molecule has 122 valence electrons. The molecule has 1 aromatic carbocycles. The number of esters is 1. The number of carbonyl (C=O) groups is 1. The first-order valence-corrected chi connectivity index (χ1v) is 7.67. The third-order valence-electron chi connectivity index (χ3n) is 3.88. The second-order valence-corrected chi connectivity index (χ2v) is 5.36. The van der Waals surface area contributed by atoms with E-state index < -0.39 is 0 Å². The highest BCUT2D eigenvalue weighted by Crippen LogP contribution is 2.44. The van der Waals surface area contributed by atoms with Gasteiger partial charge in [0.15, 0.2) is 11.5 Å². The second-order valence-electron chi connectivity index (χ2n) is 5.36. The molecule has 1 saturated carbocycles. The van der Waals surface area contributed by atoms with Crippen molar-refractivity contribution < 1.29 is 19.0 Å². The van der Waals surface area contributed by atoms with Crippen molar-refractivity contribution in [3.8, 4) is 17.2 Å². The van der Waals surface area contributed by atoms with Gasteiger partial charge in [-0.2, -0.15) is 5.10 Å². The smallest absolute Gasteiger partial charge is 0.341 e. The Morgan fingerprint density at radius 1 is 1.30 bits per heavy atom. The number of carbonyl (C=O) groups excluding carboxylic acids is 1. The predicted molar refractivity (Wildman–Crippen MR) is 84.6 cm³/mol. The van der Waals surface area contributed by atoms with E-state index in [1.165, 1.54) is 0 Å². The van der Waals surface area contributed by atoms with E-state index in [1.54, 1.807) is 32.0 Å². The fraction of sp³-hybridized carbons (Fsp3) is 0.412. The number of para-hydroxylation sites is 1. The van der Waals surface area contributed by atoms with Crippen molar-refractivity contribution in [2.24, 2.45) is 0 Å². The van der Waals surface area contributed by atoms with E-state index in [2.05, 4.69) is 5.10 Å². The first kappa shape index (κ1) is 15.4. The third-order valence-corrected chi connectivity index (χ3v) is 3.88. The number of ether oxygens (including phenoxy) is 3. The van der Waals surface area contributed by atoms with Crippen LogP contribution in [0.15, 0.2) is 24.4 Å². The molecular formula is C17H20N2O4. The van der Waals surface area contributed by atoms with Crippen molar-refractivity contribution in [3.05, 3.63) is 35.7 Å². The molecule has 0 N–H and O–H groups in total. The van der Waals surface area contributed by atoms with E-state index in [4.69, 9.17) is 14.2 Å². The molecule has 1 aliphatic rings. The standard InChI is InChI=1S/C17H20N2O4/c1-4-23-17(20)12-10-18-19(15(12)11-8-9-11)13-6-5-7-14(21-2)16(13)22-3/h5-7,10-11H,4,8-9H2,1-3H3. The molecule has 0 radical (unpaired) electrons. The SMILES string of the molecule is CCOC(=O)c1cnn(-c2cccc(OC)c2OC)c1C1CC1. The number of rotatable bonds is 6. The summed E-state index contributed by atoms with van der Waals surface area (Å²) in [5.74, 6) is 1.21. The molecule has 0 saturated heterocycles. The van der Waals surface area contributed by atoms with E-state index in [0.29, 0.717) is 29.6 Å². The molecule has 0 unspecified atom stereocenters. The molecule has 0 atom stereocenters. The first-order valence-electron chi connectivity index (χ1n) is 7.67. The summed E-state index contributed by atoms with van der Waals surface area (Å²) in [5, 5.41) is 4.42. The predicted octanol–water partition coefficient (Wildman–Crippen LogP) is 2.94. The Labute approximate surface area is 135 Å². The minimum atomic E-state index is -0.331. The Hall–Kier alpha value is -2.50. The van der Waals surface area contributed by atoms with Gasteiger partial charge in [-0.3, -0.25) is 0 Å². The van der Waals surface area contributed by atoms with E-state index >= 15 is 0 Å². The lowest BCUT2D eigenvalue weighted by Gasteiger charge is -2.15. The number of aromatic nitrogens is 2. The van der Waals surface area contributed by atoms with Crippen molar-refractivity contribution in [3.63, 3.8) is 0 Å². The van der Waals surface area contributed by atoms with Crippen LogP contribution >= 0.6 is 0 Å². The van der Waals surface area contributed by atoms with Gasteiger partial charge in [-0.05, 0) is 31.9 Å². The molecule has 1 heterocycles. The van der Waals surface area contributed by atoms with Gasteiger partial charge in [0.2, 0.25) is 0 Å². The number of hydrogen-bond acceptors (Lipinski definition) is 5. The van der Waals surface area contributed by atoms with Crippen LogP contribution in [-0.2, 0) is 4.74 Å². The summed E-state index contributed by atoms with van der Waals surface area (Å²) in [6, 6.07) is 5.60. The highest BCUT2D eigenvalue weighted by atomic mass is 16.5. The summed E-state index contributed by atoms with van der Waals surface area (Å²) in [4.78, 5) is 12.2. The van der Waals surface area contributed by atoms with Crippen LogP contribution in [0.25, 0.3) is 5.69 Å². The molecule has 3 rings (SSSR count). The third kappa shape index (κ3) is 2.76. The molecule has 23 heavy (non-hydrogen) atoms. The van der Waals surface area contributed by atoms with Crippen molar-refractivity contribution >= 4 is 5.97 Å². The zero-order chi connectivity index (χ0) is 16.4. The monoisotopic (exact) mass is 316 g/mol. The van der Waals surface area contributed by atoms with Gasteiger partial charge in [-0.25, -0.2) is 9.48 Å². The molecule has 1 fully saturated rings. The van der Waals surface area contributed by atoms with Crippen LogP contribution in [0.3, 0.4) is 0 Å². The molecule has 0 amide bonds. The largest absolute Gasteiger partial charge is 0.493 e. The Morgan fingerprint density at radius 2 is 2.09 bits per heavy atom. The zero-order valence-electron chi connectivity index (χ0n) is 13.5. The summed E-state index contributed by atoms with van der Waals surface area (Å²) in [5.41, 5.74) is 2.17. The van der Waals surface area contributed by atoms with Crippen molar-refractivity contribution in [1.82, 2.24) is 9.78 Å². The Kier molecular flexibility index (Phi) is 4.23. The Balaban J connectivity index is 2.12. The molecule has 1 aromatic heterocycles. The van der Waals surface area contributed by atoms with Gasteiger partial charge in [0.25, 0.3) is 0 Å². The molecule has 6 nitrogen and oxygen atoms in total. The summed E-state index contributed by atoms with van der Waals surface area (Å²) in [6.07, 6.45) is 3.67. The molecule has 0 spiro atoms. The van der Waals surface area contributed by atoms with Crippen LogP contribution < -0.4 is 9.47 Å². The maximum atomic E-state index is 12.2. The van der Waals surface area contributed by atoms with Gasteiger partial charge in [0.1, 0.15) is 11.3 Å². The quantitative estimate of drug-likeness (QED) is 0.767. The molecule has 6 heteroatoms. The van der Waals surface area contributed by atoms with Gasteiger partial charge in [-0.15, -0.1) is 0 Å². The average Bonchev–Trinajstić information content (AvgIpc) is 3.32. The Morgan fingerprint density at radius 3 is 2.70 bits per heavy atom. The maximum absolute atomic E-state index is 12.2. The van der Waals surface area contributed by atoms with E-state index in [-0.39, 0.29) is 5.97 Å². The molecule has 1 aliphatic carbocycles. The lowest BCUT2D eigenvalue weighted by Crippen LogP contribution is -2.10. The van der Waals surface area contributed by atoms with Crippen LogP contribution in [0.1, 0.15) is 41.7 Å². The second kappa shape index (κ2) is 6.32. The highest BCUT2D eigenvalue weighted by molar-refractivity contribution is 5.91. The summed E-state index contributed by atoms with van der Waals surface area (Å²) in [6.45, 7) is 2.14. The van der Waals surface area contributed by atoms with Crippen molar-refractivity contribution in [2.45, 2.75) is 25.7 Å². The van der Waals surface area contributed by atoms with Crippen LogP contribution in [0.5, 0.6) is 11.5 Å². The molecule has 0 bridgehead atoms. The number of nitrogens with zero attached hydrogens (tertiary/aromatic N) is 2. The zero-order valence-corrected chi connectivity index (χ0v) is 13.5. The van der Waals surface area contributed by atoms with Crippen LogP contribution in [-0.4, -0.2) is 36.6 Å². The number of benzene rings is 1. The lowest BCUT2D eigenvalue weighted by molar-refractivity contribution is 0.0525. The maximum Gasteiger partial charge on any atom is 0.341 e.